The average molecular weight is 395 g/mol. The normalized spacial score (nSPS) is 10.3. The number of rotatable bonds is 7. The number of nitriles is 1. The minimum absolute atomic E-state index is 0.0452. The van der Waals surface area contributed by atoms with Gasteiger partial charge in [0.15, 0.2) is 18.3 Å². The Hall–Kier alpha value is -3.44. The molecule has 28 heavy (non-hydrogen) atoms. The third-order valence-corrected chi connectivity index (χ3v) is 4.67. The smallest absolute Gasteiger partial charge is 0.306 e. The van der Waals surface area contributed by atoms with E-state index in [2.05, 4.69) is 10.3 Å². The first kappa shape index (κ1) is 19.3. The number of hydrogen-bond donors (Lipinski definition) is 1. The van der Waals surface area contributed by atoms with Gasteiger partial charge < -0.3 is 14.5 Å². The second-order valence-corrected chi connectivity index (χ2v) is 6.88. The molecule has 1 amide bonds. The topological polar surface area (TPSA) is 105 Å². The van der Waals surface area contributed by atoms with Crippen molar-refractivity contribution in [1.82, 2.24) is 4.98 Å². The van der Waals surface area contributed by atoms with Crippen LogP contribution in [0.4, 0.5) is 5.00 Å². The molecule has 0 saturated carbocycles. The number of thiophene rings is 1. The molecule has 0 fully saturated rings. The molecule has 142 valence electrons. The van der Waals surface area contributed by atoms with Gasteiger partial charge in [-0.25, -0.2) is 4.98 Å². The van der Waals surface area contributed by atoms with Crippen LogP contribution in [0.2, 0.25) is 0 Å². The lowest BCUT2D eigenvalue weighted by atomic mass is 10.1. The molecule has 0 aliphatic heterocycles. The molecule has 2 aromatic heterocycles. The van der Waals surface area contributed by atoms with E-state index < -0.39 is 18.5 Å². The van der Waals surface area contributed by atoms with Gasteiger partial charge in [0, 0.05) is 12.0 Å². The zero-order valence-electron chi connectivity index (χ0n) is 15.1. The summed E-state index contributed by atoms with van der Waals surface area (Å²) in [6.07, 6.45) is 1.94. The minimum atomic E-state index is -0.531. The van der Waals surface area contributed by atoms with Crippen LogP contribution in [0.3, 0.4) is 0 Å². The number of aryl methyl sites for hydroxylation is 2. The van der Waals surface area contributed by atoms with Crippen molar-refractivity contribution in [2.75, 3.05) is 11.9 Å². The quantitative estimate of drug-likeness (QED) is 0.612. The number of nitrogens with zero attached hydrogens (tertiary/aromatic N) is 2. The Morgan fingerprint density at radius 3 is 2.82 bits per heavy atom. The van der Waals surface area contributed by atoms with Crippen molar-refractivity contribution in [2.24, 2.45) is 0 Å². The summed E-state index contributed by atoms with van der Waals surface area (Å²) in [5.41, 5.74) is 2.44. The van der Waals surface area contributed by atoms with Crippen molar-refractivity contribution >= 4 is 28.2 Å². The summed E-state index contributed by atoms with van der Waals surface area (Å²) >= 11 is 1.23. The first-order valence-corrected chi connectivity index (χ1v) is 9.38. The molecule has 7 nitrogen and oxygen atoms in total. The monoisotopic (exact) mass is 395 g/mol. The summed E-state index contributed by atoms with van der Waals surface area (Å²) in [6.45, 7) is 1.59. The average Bonchev–Trinajstić information content (AvgIpc) is 3.34. The zero-order valence-corrected chi connectivity index (χ0v) is 15.9. The molecular formula is C20H17N3O4S. The predicted molar refractivity (Wildman–Crippen MR) is 104 cm³/mol. The highest BCUT2D eigenvalue weighted by molar-refractivity contribution is 7.14. The van der Waals surface area contributed by atoms with Crippen molar-refractivity contribution < 1.29 is 18.7 Å². The summed E-state index contributed by atoms with van der Waals surface area (Å²) < 4.78 is 10.6. The summed E-state index contributed by atoms with van der Waals surface area (Å²) in [5, 5.41) is 13.6. The largest absolute Gasteiger partial charge is 0.456 e. The summed E-state index contributed by atoms with van der Waals surface area (Å²) in [6, 6.07) is 11.4. The van der Waals surface area contributed by atoms with Crippen molar-refractivity contribution in [2.45, 2.75) is 19.8 Å². The van der Waals surface area contributed by atoms with Gasteiger partial charge in [-0.1, -0.05) is 29.8 Å². The Bertz CT molecular complexity index is 1010. The summed E-state index contributed by atoms with van der Waals surface area (Å²) in [5.74, 6) is 0.0308. The van der Waals surface area contributed by atoms with Gasteiger partial charge in [-0.15, -0.1) is 11.3 Å². The molecule has 8 heteroatoms. The van der Waals surface area contributed by atoms with Crippen molar-refractivity contribution in [3.63, 3.8) is 0 Å². The van der Waals surface area contributed by atoms with Crippen molar-refractivity contribution in [3.8, 4) is 17.4 Å². The van der Waals surface area contributed by atoms with Crippen LogP contribution < -0.4 is 5.32 Å². The molecule has 2 heterocycles. The first-order chi connectivity index (χ1) is 13.5. The molecule has 1 aromatic carbocycles. The highest BCUT2D eigenvalue weighted by atomic mass is 32.1. The van der Waals surface area contributed by atoms with Crippen LogP contribution in [0.15, 0.2) is 46.3 Å². The molecule has 3 aromatic rings. The number of carbonyl (C=O) groups is 2. The van der Waals surface area contributed by atoms with E-state index >= 15 is 0 Å². The second-order valence-electron chi connectivity index (χ2n) is 5.97. The van der Waals surface area contributed by atoms with E-state index in [-0.39, 0.29) is 12.8 Å². The van der Waals surface area contributed by atoms with E-state index in [4.69, 9.17) is 14.4 Å². The van der Waals surface area contributed by atoms with Gasteiger partial charge in [-0.2, -0.15) is 5.26 Å². The molecule has 0 radical (unpaired) electrons. The number of oxazole rings is 1. The maximum Gasteiger partial charge on any atom is 0.306 e. The zero-order chi connectivity index (χ0) is 19.9. The van der Waals surface area contributed by atoms with Gasteiger partial charge in [0.2, 0.25) is 0 Å². The molecule has 0 saturated heterocycles. The molecule has 0 aliphatic rings. The third kappa shape index (κ3) is 5.05. The molecule has 0 aliphatic carbocycles. The highest BCUT2D eigenvalue weighted by Gasteiger charge is 2.13. The number of amides is 1. The van der Waals surface area contributed by atoms with Crippen molar-refractivity contribution in [3.05, 3.63) is 58.9 Å². The van der Waals surface area contributed by atoms with E-state index in [0.717, 1.165) is 11.1 Å². The van der Waals surface area contributed by atoms with E-state index in [9.17, 15) is 9.59 Å². The van der Waals surface area contributed by atoms with Crippen molar-refractivity contribution in [1.29, 1.82) is 5.26 Å². The number of esters is 1. The molecule has 0 unspecified atom stereocenters. The third-order valence-electron chi connectivity index (χ3n) is 3.84. The minimum Gasteiger partial charge on any atom is -0.456 e. The number of aromatic nitrogens is 1. The fraction of sp³-hybridized carbons (Fsp3) is 0.200. The van der Waals surface area contributed by atoms with E-state index in [1.165, 1.54) is 11.3 Å². The number of carbonyl (C=O) groups excluding carboxylic acids is 2. The highest BCUT2D eigenvalue weighted by Crippen LogP contribution is 2.22. The molecule has 0 bridgehead atoms. The van der Waals surface area contributed by atoms with Crippen LogP contribution in [0.25, 0.3) is 11.3 Å². The Labute approximate surface area is 165 Å². The fourth-order valence-corrected chi connectivity index (χ4v) is 3.11. The maximum atomic E-state index is 11.8. The summed E-state index contributed by atoms with van der Waals surface area (Å²) in [4.78, 5) is 27.8. The lowest BCUT2D eigenvalue weighted by Crippen LogP contribution is -2.20. The van der Waals surface area contributed by atoms with Gasteiger partial charge in [-0.3, -0.25) is 9.59 Å². The van der Waals surface area contributed by atoms with Gasteiger partial charge in [0.05, 0.1) is 18.2 Å². The van der Waals surface area contributed by atoms with Gasteiger partial charge in [0.25, 0.3) is 5.91 Å². The number of anilines is 1. The number of benzene rings is 1. The number of hydrogen-bond acceptors (Lipinski definition) is 7. The Morgan fingerprint density at radius 2 is 2.07 bits per heavy atom. The number of nitrogens with one attached hydrogen (secondary N) is 1. The molecule has 0 atom stereocenters. The van der Waals surface area contributed by atoms with E-state index in [1.807, 2.05) is 37.3 Å². The standard InChI is InChI=1S/C20H17N3O4S/c1-13-2-4-14(5-3-13)16-11-22-18(27-16)6-7-19(25)26-12-17(24)23-20-15(10-21)8-9-28-20/h2-5,8-9,11H,6-7,12H2,1H3,(H,23,24). The lowest BCUT2D eigenvalue weighted by molar-refractivity contribution is -0.147. The Balaban J connectivity index is 1.44. The van der Waals surface area contributed by atoms with E-state index in [0.29, 0.717) is 22.2 Å². The lowest BCUT2D eigenvalue weighted by Gasteiger charge is -2.05. The van der Waals surface area contributed by atoms with E-state index in [1.54, 1.807) is 17.6 Å². The fourth-order valence-electron chi connectivity index (χ4n) is 2.36. The van der Waals surface area contributed by atoms with Gasteiger partial charge in [0.1, 0.15) is 11.1 Å². The first-order valence-electron chi connectivity index (χ1n) is 8.50. The van der Waals surface area contributed by atoms with Gasteiger partial charge in [-0.05, 0) is 18.4 Å². The SMILES string of the molecule is Cc1ccc(-c2cnc(CCC(=O)OCC(=O)Nc3sccc3C#N)o2)cc1. The Morgan fingerprint density at radius 1 is 1.29 bits per heavy atom. The van der Waals surface area contributed by atoms with Crippen LogP contribution in [0.5, 0.6) is 0 Å². The number of ether oxygens (including phenoxy) is 1. The maximum absolute atomic E-state index is 11.8. The molecule has 0 spiro atoms. The summed E-state index contributed by atoms with van der Waals surface area (Å²) in [7, 11) is 0. The van der Waals surface area contributed by atoms with Crippen LogP contribution in [0.1, 0.15) is 23.4 Å². The Kier molecular flexibility index (Phi) is 6.19. The molecule has 1 N–H and O–H groups in total. The molecule has 3 rings (SSSR count). The van der Waals surface area contributed by atoms with Crippen LogP contribution in [-0.2, 0) is 20.7 Å². The predicted octanol–water partition coefficient (Wildman–Crippen LogP) is 3.70. The van der Waals surface area contributed by atoms with Crippen LogP contribution in [-0.4, -0.2) is 23.5 Å². The van der Waals surface area contributed by atoms with Crippen LogP contribution in [0, 0.1) is 18.3 Å². The van der Waals surface area contributed by atoms with Crippen LogP contribution >= 0.6 is 11.3 Å². The second kappa shape index (κ2) is 8.97. The van der Waals surface area contributed by atoms with Gasteiger partial charge >= 0.3 is 5.97 Å². The molecular weight excluding hydrogens is 378 g/mol.